The highest BCUT2D eigenvalue weighted by Crippen LogP contribution is 2.28. The Morgan fingerprint density at radius 2 is 1.96 bits per heavy atom. The van der Waals surface area contributed by atoms with Gasteiger partial charge in [0.15, 0.2) is 0 Å². The summed E-state index contributed by atoms with van der Waals surface area (Å²) in [5.41, 5.74) is 4.81. The zero-order chi connectivity index (χ0) is 18.0. The van der Waals surface area contributed by atoms with Crippen molar-refractivity contribution in [3.63, 3.8) is 0 Å². The lowest BCUT2D eigenvalue weighted by Crippen LogP contribution is -2.41. The molecule has 3 rings (SSSR count). The molecule has 1 aliphatic rings. The van der Waals surface area contributed by atoms with Crippen LogP contribution in [0.1, 0.15) is 51.4 Å². The summed E-state index contributed by atoms with van der Waals surface area (Å²) in [5.74, 6) is 0.877. The number of aromatic nitrogens is 4. The fourth-order valence-electron chi connectivity index (χ4n) is 4.04. The molecule has 0 saturated carbocycles. The molecule has 1 atom stereocenters. The van der Waals surface area contributed by atoms with Gasteiger partial charge in [-0.1, -0.05) is 13.8 Å². The molecule has 0 aromatic carbocycles. The summed E-state index contributed by atoms with van der Waals surface area (Å²) in [6, 6.07) is 0.534. The quantitative estimate of drug-likeness (QED) is 0.798. The molecule has 0 bridgehead atoms. The first-order valence-electron chi connectivity index (χ1n) is 9.79. The van der Waals surface area contributed by atoms with Gasteiger partial charge in [-0.15, -0.1) is 0 Å². The van der Waals surface area contributed by atoms with E-state index in [1.54, 1.807) is 0 Å². The fourth-order valence-corrected chi connectivity index (χ4v) is 4.04. The Labute approximate surface area is 152 Å². The molecule has 5 heteroatoms. The second kappa shape index (κ2) is 7.73. The molecule has 0 radical (unpaired) electrons. The van der Waals surface area contributed by atoms with Crippen molar-refractivity contribution in [2.24, 2.45) is 5.92 Å². The first kappa shape index (κ1) is 18.2. The van der Waals surface area contributed by atoms with Crippen molar-refractivity contribution in [1.29, 1.82) is 0 Å². The number of piperidine rings is 1. The van der Waals surface area contributed by atoms with Gasteiger partial charge in [-0.2, -0.15) is 5.10 Å². The number of hydrogen-bond donors (Lipinski definition) is 0. The van der Waals surface area contributed by atoms with Crippen LogP contribution in [0, 0.1) is 19.8 Å². The van der Waals surface area contributed by atoms with E-state index in [0.717, 1.165) is 31.1 Å². The molecule has 0 unspecified atom stereocenters. The maximum atomic E-state index is 4.74. The average molecular weight is 344 g/mol. The summed E-state index contributed by atoms with van der Waals surface area (Å²) < 4.78 is 4.45. The van der Waals surface area contributed by atoms with Gasteiger partial charge in [0.1, 0.15) is 0 Å². The highest BCUT2D eigenvalue weighted by atomic mass is 15.3. The number of likely N-dealkylation sites (tertiary alicyclic amines) is 1. The molecule has 0 N–H and O–H groups in total. The maximum absolute atomic E-state index is 4.74. The molecule has 2 aromatic heterocycles. The summed E-state index contributed by atoms with van der Waals surface area (Å²) in [5, 5.41) is 4.74. The topological polar surface area (TPSA) is 38.9 Å². The van der Waals surface area contributed by atoms with Crippen molar-refractivity contribution in [2.75, 3.05) is 13.1 Å². The van der Waals surface area contributed by atoms with E-state index in [2.05, 4.69) is 53.8 Å². The Bertz CT molecular complexity index is 691. The van der Waals surface area contributed by atoms with Crippen LogP contribution in [0.15, 0.2) is 12.5 Å². The SMILES string of the molecule is CCCn1nc(C)c(-c2cncn2C[C@@H](C)N2CCC(C)CC2)c1C. The van der Waals surface area contributed by atoms with Crippen molar-refractivity contribution in [3.05, 3.63) is 23.9 Å². The van der Waals surface area contributed by atoms with Gasteiger partial charge in [0.05, 0.1) is 23.9 Å². The molecule has 3 heterocycles. The maximum Gasteiger partial charge on any atom is 0.0951 e. The van der Waals surface area contributed by atoms with Crippen LogP contribution in [-0.4, -0.2) is 43.4 Å². The smallest absolute Gasteiger partial charge is 0.0951 e. The van der Waals surface area contributed by atoms with E-state index < -0.39 is 0 Å². The first-order valence-corrected chi connectivity index (χ1v) is 9.79. The molecule has 1 aliphatic heterocycles. The van der Waals surface area contributed by atoms with Crippen molar-refractivity contribution in [2.45, 2.75) is 73.0 Å². The van der Waals surface area contributed by atoms with Crippen molar-refractivity contribution in [3.8, 4) is 11.3 Å². The van der Waals surface area contributed by atoms with Gasteiger partial charge in [-0.05, 0) is 59.0 Å². The number of nitrogens with zero attached hydrogens (tertiary/aromatic N) is 5. The highest BCUT2D eigenvalue weighted by Gasteiger charge is 2.22. The fraction of sp³-hybridized carbons (Fsp3) is 0.700. The average Bonchev–Trinajstić information content (AvgIpc) is 3.13. The third-order valence-corrected chi connectivity index (χ3v) is 5.69. The summed E-state index contributed by atoms with van der Waals surface area (Å²) in [6.45, 7) is 15.6. The van der Waals surface area contributed by atoms with Crippen LogP contribution in [0.4, 0.5) is 0 Å². The van der Waals surface area contributed by atoms with Crippen LogP contribution in [-0.2, 0) is 13.1 Å². The highest BCUT2D eigenvalue weighted by molar-refractivity contribution is 5.64. The largest absolute Gasteiger partial charge is 0.329 e. The summed E-state index contributed by atoms with van der Waals surface area (Å²) in [7, 11) is 0. The van der Waals surface area contributed by atoms with Crippen LogP contribution in [0.3, 0.4) is 0 Å². The molecule has 25 heavy (non-hydrogen) atoms. The van der Waals surface area contributed by atoms with Crippen LogP contribution in [0.2, 0.25) is 0 Å². The van der Waals surface area contributed by atoms with Crippen molar-refractivity contribution in [1.82, 2.24) is 24.2 Å². The predicted molar refractivity (Wildman–Crippen MR) is 103 cm³/mol. The van der Waals surface area contributed by atoms with E-state index >= 15 is 0 Å². The Morgan fingerprint density at radius 3 is 2.64 bits per heavy atom. The summed E-state index contributed by atoms with van der Waals surface area (Å²) >= 11 is 0. The van der Waals surface area contributed by atoms with Crippen molar-refractivity contribution < 1.29 is 0 Å². The van der Waals surface area contributed by atoms with Gasteiger partial charge in [0.2, 0.25) is 0 Å². The third kappa shape index (κ3) is 3.81. The number of imidazole rings is 1. The van der Waals surface area contributed by atoms with Crippen LogP contribution < -0.4 is 0 Å². The van der Waals surface area contributed by atoms with Gasteiger partial charge in [-0.25, -0.2) is 4.98 Å². The minimum atomic E-state index is 0.534. The van der Waals surface area contributed by atoms with Gasteiger partial charge < -0.3 is 4.57 Å². The molecule has 1 fully saturated rings. The number of hydrogen-bond acceptors (Lipinski definition) is 3. The van der Waals surface area contributed by atoms with Gasteiger partial charge >= 0.3 is 0 Å². The zero-order valence-electron chi connectivity index (χ0n) is 16.5. The third-order valence-electron chi connectivity index (χ3n) is 5.69. The number of rotatable bonds is 6. The normalized spacial score (nSPS) is 18.0. The van der Waals surface area contributed by atoms with E-state index in [0.29, 0.717) is 6.04 Å². The molecular weight excluding hydrogens is 310 g/mol. The minimum absolute atomic E-state index is 0.534. The minimum Gasteiger partial charge on any atom is -0.329 e. The molecule has 5 nitrogen and oxygen atoms in total. The zero-order valence-corrected chi connectivity index (χ0v) is 16.5. The molecule has 0 spiro atoms. The number of aryl methyl sites for hydroxylation is 2. The van der Waals surface area contributed by atoms with Gasteiger partial charge in [0, 0.05) is 30.4 Å². The first-order chi connectivity index (χ1) is 12.0. The van der Waals surface area contributed by atoms with Crippen LogP contribution in [0.25, 0.3) is 11.3 Å². The van der Waals surface area contributed by atoms with E-state index in [9.17, 15) is 0 Å². The molecule has 1 saturated heterocycles. The lowest BCUT2D eigenvalue weighted by molar-refractivity contribution is 0.135. The van der Waals surface area contributed by atoms with E-state index in [1.165, 1.54) is 42.9 Å². The Kier molecular flexibility index (Phi) is 5.62. The predicted octanol–water partition coefficient (Wildman–Crippen LogP) is 3.89. The lowest BCUT2D eigenvalue weighted by atomic mass is 9.98. The second-order valence-corrected chi connectivity index (χ2v) is 7.77. The summed E-state index contributed by atoms with van der Waals surface area (Å²) in [6.07, 6.45) is 7.73. The molecule has 2 aromatic rings. The Hall–Kier alpha value is -1.62. The van der Waals surface area contributed by atoms with Gasteiger partial charge in [-0.3, -0.25) is 9.58 Å². The molecule has 0 amide bonds. The van der Waals surface area contributed by atoms with E-state index in [4.69, 9.17) is 5.10 Å². The van der Waals surface area contributed by atoms with E-state index in [-0.39, 0.29) is 0 Å². The monoisotopic (exact) mass is 343 g/mol. The van der Waals surface area contributed by atoms with Crippen LogP contribution >= 0.6 is 0 Å². The van der Waals surface area contributed by atoms with Crippen LogP contribution in [0.5, 0.6) is 0 Å². The second-order valence-electron chi connectivity index (χ2n) is 7.77. The van der Waals surface area contributed by atoms with Crippen molar-refractivity contribution >= 4 is 0 Å². The lowest BCUT2D eigenvalue weighted by Gasteiger charge is -2.35. The summed E-state index contributed by atoms with van der Waals surface area (Å²) in [4.78, 5) is 7.08. The molecule has 0 aliphatic carbocycles. The Morgan fingerprint density at radius 1 is 1.24 bits per heavy atom. The standard InChI is InChI=1S/C20H33N5/c1-6-9-25-18(5)20(17(4)22-25)19-12-21-14-24(19)13-16(3)23-10-7-15(2)8-11-23/h12,14-16H,6-11,13H2,1-5H3/t16-/m1/s1. The molecule has 138 valence electrons. The van der Waals surface area contributed by atoms with Gasteiger partial charge in [0.25, 0.3) is 0 Å². The van der Waals surface area contributed by atoms with E-state index in [1.807, 2.05) is 12.5 Å². The molecular formula is C20H33N5. The Balaban J connectivity index is 1.79.